The number of hydrogen-bond acceptors (Lipinski definition) is 8. The number of carboxylic acids is 2. The van der Waals surface area contributed by atoms with Crippen LogP contribution in [0, 0.1) is 18.3 Å². The number of nitriles is 1. The van der Waals surface area contributed by atoms with Crippen LogP contribution in [0.1, 0.15) is 30.1 Å². The van der Waals surface area contributed by atoms with E-state index in [1.54, 1.807) is 6.07 Å². The van der Waals surface area contributed by atoms with Crippen LogP contribution < -0.4 is 5.32 Å². The lowest BCUT2D eigenvalue weighted by molar-refractivity contribution is -0.193. The summed E-state index contributed by atoms with van der Waals surface area (Å²) in [6.07, 6.45) is -8.17. The SMILES string of the molecule is Cc1ccc(CN2CCC3(CC(Nc4cccc(C#N)n4)CO3)C2)o1.O=C(O)C(F)(F)F.O=C(O)C(F)(F)F. The van der Waals surface area contributed by atoms with E-state index in [-0.39, 0.29) is 11.6 Å². The molecule has 16 heteroatoms. The van der Waals surface area contributed by atoms with Gasteiger partial charge in [-0.1, -0.05) is 6.07 Å². The van der Waals surface area contributed by atoms with Crippen molar-refractivity contribution >= 4 is 17.8 Å². The van der Waals surface area contributed by atoms with Crippen molar-refractivity contribution in [2.75, 3.05) is 25.0 Å². The summed E-state index contributed by atoms with van der Waals surface area (Å²) in [6.45, 7) is 5.43. The molecule has 2 atom stereocenters. The van der Waals surface area contributed by atoms with E-state index in [1.165, 1.54) is 0 Å². The highest BCUT2D eigenvalue weighted by atomic mass is 19.4. The fraction of sp³-hybridized carbons (Fsp3) is 0.478. The van der Waals surface area contributed by atoms with E-state index >= 15 is 0 Å². The van der Waals surface area contributed by atoms with Crippen LogP contribution in [0.3, 0.4) is 0 Å². The van der Waals surface area contributed by atoms with Gasteiger partial charge >= 0.3 is 24.3 Å². The first-order valence-electron chi connectivity index (χ1n) is 11.2. The lowest BCUT2D eigenvalue weighted by Crippen LogP contribution is -2.33. The minimum atomic E-state index is -5.08. The van der Waals surface area contributed by atoms with E-state index in [4.69, 9.17) is 34.2 Å². The van der Waals surface area contributed by atoms with E-state index in [9.17, 15) is 26.3 Å². The number of carboxylic acid groups (broad SMARTS) is 2. The molecule has 0 amide bonds. The van der Waals surface area contributed by atoms with Crippen LogP contribution in [0.5, 0.6) is 0 Å². The number of nitrogens with one attached hydrogen (secondary N) is 1. The van der Waals surface area contributed by atoms with Gasteiger partial charge in [-0.15, -0.1) is 0 Å². The number of pyridine rings is 1. The topological polar surface area (TPSA) is 149 Å². The quantitative estimate of drug-likeness (QED) is 0.464. The second-order valence-corrected chi connectivity index (χ2v) is 8.64. The smallest absolute Gasteiger partial charge is 0.475 e. The molecule has 0 aromatic carbocycles. The summed E-state index contributed by atoms with van der Waals surface area (Å²) in [5.74, 6) is -2.80. The number of ether oxygens (including phenoxy) is 1. The third-order valence-electron chi connectivity index (χ3n) is 5.48. The van der Waals surface area contributed by atoms with E-state index < -0.39 is 24.3 Å². The summed E-state index contributed by atoms with van der Waals surface area (Å²) in [4.78, 5) is 24.5. The molecule has 2 aromatic heterocycles. The van der Waals surface area contributed by atoms with Crippen LogP contribution in [0.2, 0.25) is 0 Å². The fourth-order valence-corrected chi connectivity index (χ4v) is 3.86. The molecule has 4 rings (SSSR count). The molecule has 3 N–H and O–H groups in total. The Morgan fingerprint density at radius 2 is 1.77 bits per heavy atom. The van der Waals surface area contributed by atoms with Gasteiger partial charge in [0, 0.05) is 19.5 Å². The minimum Gasteiger partial charge on any atom is -0.475 e. The maximum Gasteiger partial charge on any atom is 0.490 e. The standard InChI is InChI=1S/C19H22N4O2.2C2HF3O2/c1-14-5-6-17(25-14)11-23-8-7-19(13-23)9-16(12-24-19)22-18-4-2-3-15(10-20)21-18;2*3-2(4,5)1(6)7/h2-6,16H,7-9,11-13H2,1H3,(H,21,22);2*(H,6,7). The Hall–Kier alpha value is -3.84. The molecule has 2 aromatic rings. The molecular formula is C23H24F6N4O6. The molecule has 1 spiro atoms. The van der Waals surface area contributed by atoms with Crippen LogP contribution in [-0.2, 0) is 20.9 Å². The maximum absolute atomic E-state index is 10.6. The molecule has 10 nitrogen and oxygen atoms in total. The minimum absolute atomic E-state index is 0.0772. The number of furan rings is 1. The van der Waals surface area contributed by atoms with Gasteiger partial charge in [0.25, 0.3) is 0 Å². The van der Waals surface area contributed by atoms with E-state index in [0.717, 1.165) is 49.8 Å². The van der Waals surface area contributed by atoms with Crippen LogP contribution in [0.15, 0.2) is 34.7 Å². The highest BCUT2D eigenvalue weighted by Crippen LogP contribution is 2.36. The van der Waals surface area contributed by atoms with Crippen molar-refractivity contribution in [2.24, 2.45) is 0 Å². The molecular weight excluding hydrogens is 542 g/mol. The molecule has 39 heavy (non-hydrogen) atoms. The first kappa shape index (κ1) is 31.4. The van der Waals surface area contributed by atoms with Crippen molar-refractivity contribution in [2.45, 2.75) is 50.3 Å². The Bertz CT molecular complexity index is 1150. The van der Waals surface area contributed by atoms with Crippen LogP contribution >= 0.6 is 0 Å². The molecule has 0 bridgehead atoms. The molecule has 0 radical (unpaired) electrons. The van der Waals surface area contributed by atoms with Crippen molar-refractivity contribution in [3.63, 3.8) is 0 Å². The average molecular weight is 566 g/mol. The zero-order valence-corrected chi connectivity index (χ0v) is 20.3. The number of carbonyl (C=O) groups is 2. The summed E-state index contributed by atoms with van der Waals surface area (Å²) >= 11 is 0. The zero-order valence-electron chi connectivity index (χ0n) is 20.3. The largest absolute Gasteiger partial charge is 0.490 e. The van der Waals surface area contributed by atoms with Crippen molar-refractivity contribution in [1.29, 1.82) is 5.26 Å². The number of alkyl halides is 6. The molecule has 0 saturated carbocycles. The molecule has 214 valence electrons. The lowest BCUT2D eigenvalue weighted by Gasteiger charge is -2.23. The first-order valence-corrected chi connectivity index (χ1v) is 11.2. The number of likely N-dealkylation sites (tertiary alicyclic amines) is 1. The zero-order chi connectivity index (χ0) is 29.4. The van der Waals surface area contributed by atoms with Crippen LogP contribution in [0.25, 0.3) is 0 Å². The Morgan fingerprint density at radius 1 is 1.15 bits per heavy atom. The van der Waals surface area contributed by atoms with Crippen LogP contribution in [0.4, 0.5) is 32.2 Å². The number of aliphatic carboxylic acids is 2. The normalized spacial score (nSPS) is 20.8. The van der Waals surface area contributed by atoms with Gasteiger partial charge in [0.1, 0.15) is 29.1 Å². The Balaban J connectivity index is 0.000000317. The number of hydrogen-bond donors (Lipinski definition) is 3. The maximum atomic E-state index is 10.6. The second-order valence-electron chi connectivity index (χ2n) is 8.64. The average Bonchev–Trinajstić information content (AvgIpc) is 3.54. The molecule has 4 heterocycles. The van der Waals surface area contributed by atoms with Crippen molar-refractivity contribution < 1.29 is 55.3 Å². The van der Waals surface area contributed by atoms with Gasteiger partial charge in [-0.2, -0.15) is 31.6 Å². The third kappa shape index (κ3) is 10.1. The third-order valence-corrected chi connectivity index (χ3v) is 5.48. The molecule has 2 fully saturated rings. The predicted molar refractivity (Wildman–Crippen MR) is 120 cm³/mol. The van der Waals surface area contributed by atoms with E-state index in [1.807, 2.05) is 31.2 Å². The summed E-state index contributed by atoms with van der Waals surface area (Å²) in [5.41, 5.74) is 0.353. The number of anilines is 1. The predicted octanol–water partition coefficient (Wildman–Crippen LogP) is 3.97. The molecule has 2 unspecified atom stereocenters. The number of aryl methyl sites for hydroxylation is 1. The van der Waals surface area contributed by atoms with Gasteiger partial charge < -0.3 is 24.7 Å². The van der Waals surface area contributed by atoms with Crippen molar-refractivity contribution in [3.05, 3.63) is 47.5 Å². The van der Waals surface area contributed by atoms with Gasteiger partial charge in [-0.05, 0) is 37.6 Å². The number of halogens is 6. The van der Waals surface area contributed by atoms with E-state index in [0.29, 0.717) is 12.3 Å². The molecule has 2 saturated heterocycles. The summed E-state index contributed by atoms with van der Waals surface area (Å²) in [7, 11) is 0. The molecule has 2 aliphatic heterocycles. The molecule has 0 aliphatic carbocycles. The van der Waals surface area contributed by atoms with Crippen molar-refractivity contribution in [1.82, 2.24) is 9.88 Å². The fourth-order valence-electron chi connectivity index (χ4n) is 3.86. The van der Waals surface area contributed by atoms with E-state index in [2.05, 4.69) is 21.3 Å². The Morgan fingerprint density at radius 3 is 2.28 bits per heavy atom. The van der Waals surface area contributed by atoms with Gasteiger partial charge in [0.05, 0.1) is 24.8 Å². The lowest BCUT2D eigenvalue weighted by atomic mass is 9.97. The van der Waals surface area contributed by atoms with Crippen molar-refractivity contribution in [3.8, 4) is 6.07 Å². The van der Waals surface area contributed by atoms with Crippen LogP contribution in [-0.4, -0.2) is 75.7 Å². The van der Waals surface area contributed by atoms with Gasteiger partial charge in [0.2, 0.25) is 0 Å². The highest BCUT2D eigenvalue weighted by molar-refractivity contribution is 5.73. The summed E-state index contributed by atoms with van der Waals surface area (Å²) in [6, 6.07) is 11.8. The first-order chi connectivity index (χ1) is 18.0. The Kier molecular flexibility index (Phi) is 10.3. The monoisotopic (exact) mass is 566 g/mol. The summed E-state index contributed by atoms with van der Waals surface area (Å²) < 4.78 is 75.3. The Labute approximate surface area is 217 Å². The second kappa shape index (κ2) is 12.8. The van der Waals surface area contributed by atoms with Gasteiger partial charge in [0.15, 0.2) is 0 Å². The number of nitrogens with zero attached hydrogens (tertiary/aromatic N) is 3. The van der Waals surface area contributed by atoms with Gasteiger partial charge in [-0.3, -0.25) is 4.90 Å². The molecule has 2 aliphatic rings. The number of rotatable bonds is 4. The van der Waals surface area contributed by atoms with Gasteiger partial charge in [-0.25, -0.2) is 14.6 Å². The summed E-state index contributed by atoms with van der Waals surface area (Å²) in [5, 5.41) is 26.6. The number of aromatic nitrogens is 1. The highest BCUT2D eigenvalue weighted by Gasteiger charge is 2.45.